The number of rotatable bonds is 4. The van der Waals surface area contributed by atoms with Crippen LogP contribution in [0, 0.1) is 0 Å². The van der Waals surface area contributed by atoms with E-state index in [4.69, 9.17) is 28.2 Å². The average Bonchev–Trinajstić information content (AvgIpc) is 3.32. The minimum absolute atomic E-state index is 0.128. The number of aromatic amines is 2. The lowest BCUT2D eigenvalue weighted by atomic mass is 10.2. The highest BCUT2D eigenvalue weighted by atomic mass is 35.5. The highest BCUT2D eigenvalue weighted by Crippen LogP contribution is 2.24. The Hall–Kier alpha value is -3.62. The molecule has 4 rings (SSSR count). The van der Waals surface area contributed by atoms with Crippen molar-refractivity contribution in [2.24, 2.45) is 0 Å². The van der Waals surface area contributed by atoms with Gasteiger partial charge in [0.25, 0.3) is 0 Å². The number of benzene rings is 2. The molecule has 0 fully saturated rings. The Morgan fingerprint density at radius 1 is 1.03 bits per heavy atom. The van der Waals surface area contributed by atoms with Crippen LogP contribution < -0.4 is 16.3 Å². The quantitative estimate of drug-likeness (QED) is 0.281. The maximum atomic E-state index is 12.1. The molecule has 7 nitrogen and oxygen atoms in total. The van der Waals surface area contributed by atoms with Crippen LogP contribution in [0.3, 0.4) is 0 Å². The van der Waals surface area contributed by atoms with Gasteiger partial charge < -0.3 is 19.7 Å². The molecular weight excluding hydrogens is 424 g/mol. The first-order valence-electron chi connectivity index (χ1n) is 8.84. The Morgan fingerprint density at radius 2 is 1.80 bits per heavy atom. The SMILES string of the molecule is O=C(C=Cc1ccc(-c2ccc(Cl)cc2)o1)NC(=S)Nc1ccc2[nH]c(=O)[nH]c2c1. The third-order valence-corrected chi connectivity index (χ3v) is 4.62. The zero-order valence-corrected chi connectivity index (χ0v) is 16.9. The van der Waals surface area contributed by atoms with Crippen LogP contribution in [0.1, 0.15) is 5.76 Å². The summed E-state index contributed by atoms with van der Waals surface area (Å²) in [5.74, 6) is 0.783. The molecule has 2 aromatic carbocycles. The number of anilines is 1. The maximum Gasteiger partial charge on any atom is 0.323 e. The standard InChI is InChI=1S/C21H15ClN4O3S/c22-13-3-1-12(2-4-13)18-9-6-15(29-18)7-10-19(27)26-21(30)23-14-5-8-16-17(11-14)25-20(28)24-16/h1-11H,(H2,24,25,28)(H2,23,26,27,30). The van der Waals surface area contributed by atoms with Crippen LogP contribution in [0.5, 0.6) is 0 Å². The minimum atomic E-state index is -0.409. The number of thiocarbonyl (C=S) groups is 1. The largest absolute Gasteiger partial charge is 0.457 e. The van der Waals surface area contributed by atoms with E-state index in [1.54, 1.807) is 42.5 Å². The van der Waals surface area contributed by atoms with E-state index >= 15 is 0 Å². The molecule has 2 heterocycles. The summed E-state index contributed by atoms with van der Waals surface area (Å²) in [6, 6.07) is 16.0. The van der Waals surface area contributed by atoms with Crippen molar-refractivity contribution in [3.05, 3.63) is 81.9 Å². The van der Waals surface area contributed by atoms with Crippen molar-refractivity contribution in [2.75, 3.05) is 5.32 Å². The summed E-state index contributed by atoms with van der Waals surface area (Å²) in [7, 11) is 0. The summed E-state index contributed by atoms with van der Waals surface area (Å²) < 4.78 is 5.71. The van der Waals surface area contributed by atoms with Crippen LogP contribution in [0.4, 0.5) is 5.69 Å². The number of fused-ring (bicyclic) bond motifs is 1. The third-order valence-electron chi connectivity index (χ3n) is 4.17. The van der Waals surface area contributed by atoms with Crippen molar-refractivity contribution < 1.29 is 9.21 Å². The lowest BCUT2D eigenvalue weighted by Crippen LogP contribution is -2.32. The topological polar surface area (TPSA) is 103 Å². The van der Waals surface area contributed by atoms with E-state index in [9.17, 15) is 9.59 Å². The molecule has 4 N–H and O–H groups in total. The Labute approximate surface area is 180 Å². The molecule has 9 heteroatoms. The van der Waals surface area contributed by atoms with E-state index in [1.807, 2.05) is 18.2 Å². The second-order valence-corrected chi connectivity index (χ2v) is 7.17. The van der Waals surface area contributed by atoms with Crippen molar-refractivity contribution in [1.29, 1.82) is 0 Å². The second kappa shape index (κ2) is 8.40. The maximum absolute atomic E-state index is 12.1. The monoisotopic (exact) mass is 438 g/mol. The Balaban J connectivity index is 1.35. The van der Waals surface area contributed by atoms with Gasteiger partial charge in [-0.25, -0.2) is 4.79 Å². The van der Waals surface area contributed by atoms with Crippen LogP contribution in [0.2, 0.25) is 5.02 Å². The number of nitrogens with one attached hydrogen (secondary N) is 4. The van der Waals surface area contributed by atoms with Crippen LogP contribution in [0.25, 0.3) is 28.4 Å². The third kappa shape index (κ3) is 4.68. The fraction of sp³-hybridized carbons (Fsp3) is 0. The van der Waals surface area contributed by atoms with Gasteiger partial charge in [0, 0.05) is 22.3 Å². The number of furan rings is 1. The van der Waals surface area contributed by atoms with Crippen LogP contribution in [-0.4, -0.2) is 21.0 Å². The van der Waals surface area contributed by atoms with Gasteiger partial charge in [-0.15, -0.1) is 0 Å². The van der Waals surface area contributed by atoms with Gasteiger partial charge in [0.15, 0.2) is 5.11 Å². The van der Waals surface area contributed by atoms with Crippen molar-refractivity contribution in [1.82, 2.24) is 15.3 Å². The fourth-order valence-electron chi connectivity index (χ4n) is 2.80. The van der Waals surface area contributed by atoms with Gasteiger partial charge in [-0.05, 0) is 72.9 Å². The number of halogens is 1. The molecule has 0 aliphatic heterocycles. The van der Waals surface area contributed by atoms with E-state index in [-0.39, 0.29) is 10.8 Å². The van der Waals surface area contributed by atoms with Gasteiger partial charge in [0.05, 0.1) is 11.0 Å². The highest BCUT2D eigenvalue weighted by molar-refractivity contribution is 7.80. The molecule has 4 aromatic rings. The predicted octanol–water partition coefficient (Wildman–Crippen LogP) is 4.30. The van der Waals surface area contributed by atoms with Gasteiger partial charge in [-0.2, -0.15) is 0 Å². The molecule has 0 bridgehead atoms. The van der Waals surface area contributed by atoms with E-state index in [0.29, 0.717) is 33.3 Å². The van der Waals surface area contributed by atoms with E-state index in [1.165, 1.54) is 6.08 Å². The fourth-order valence-corrected chi connectivity index (χ4v) is 3.14. The minimum Gasteiger partial charge on any atom is -0.457 e. The van der Waals surface area contributed by atoms with E-state index in [0.717, 1.165) is 5.56 Å². The molecule has 150 valence electrons. The first kappa shape index (κ1) is 19.7. The second-order valence-electron chi connectivity index (χ2n) is 6.33. The number of imidazole rings is 1. The van der Waals surface area contributed by atoms with Crippen molar-refractivity contribution >= 4 is 57.6 Å². The molecular formula is C21H15ClN4O3S. The molecule has 30 heavy (non-hydrogen) atoms. The molecule has 0 atom stereocenters. The smallest absolute Gasteiger partial charge is 0.323 e. The number of amides is 1. The first-order valence-corrected chi connectivity index (χ1v) is 9.63. The zero-order valence-electron chi connectivity index (χ0n) is 15.4. The summed E-state index contributed by atoms with van der Waals surface area (Å²) in [5.41, 5.74) is 2.54. The lowest BCUT2D eigenvalue weighted by Gasteiger charge is -2.07. The van der Waals surface area contributed by atoms with Gasteiger partial charge in [-0.3, -0.25) is 10.1 Å². The molecule has 0 saturated heterocycles. The summed E-state index contributed by atoms with van der Waals surface area (Å²) in [4.78, 5) is 28.7. The van der Waals surface area contributed by atoms with E-state index < -0.39 is 5.91 Å². The Bertz CT molecular complexity index is 1320. The van der Waals surface area contributed by atoms with Gasteiger partial charge >= 0.3 is 5.69 Å². The summed E-state index contributed by atoms with van der Waals surface area (Å²) in [6.45, 7) is 0. The number of aromatic nitrogens is 2. The summed E-state index contributed by atoms with van der Waals surface area (Å²) >= 11 is 11.0. The lowest BCUT2D eigenvalue weighted by molar-refractivity contribution is -0.115. The number of H-pyrrole nitrogens is 2. The summed E-state index contributed by atoms with van der Waals surface area (Å²) in [5, 5.41) is 6.23. The molecule has 0 aliphatic carbocycles. The summed E-state index contributed by atoms with van der Waals surface area (Å²) in [6.07, 6.45) is 2.87. The van der Waals surface area contributed by atoms with Crippen molar-refractivity contribution in [3.63, 3.8) is 0 Å². The molecule has 0 unspecified atom stereocenters. The molecule has 0 spiro atoms. The van der Waals surface area contributed by atoms with Gasteiger partial charge in [0.1, 0.15) is 11.5 Å². The van der Waals surface area contributed by atoms with Gasteiger partial charge in [-0.1, -0.05) is 11.6 Å². The van der Waals surface area contributed by atoms with E-state index in [2.05, 4.69) is 20.6 Å². The van der Waals surface area contributed by atoms with Crippen LogP contribution in [-0.2, 0) is 4.79 Å². The van der Waals surface area contributed by atoms with Crippen LogP contribution in [0.15, 0.2) is 69.9 Å². The molecule has 0 aliphatic rings. The normalized spacial score (nSPS) is 11.1. The molecule has 0 radical (unpaired) electrons. The predicted molar refractivity (Wildman–Crippen MR) is 121 cm³/mol. The number of hydrogen-bond acceptors (Lipinski definition) is 4. The number of hydrogen-bond donors (Lipinski definition) is 4. The Kier molecular flexibility index (Phi) is 5.51. The van der Waals surface area contributed by atoms with Crippen LogP contribution >= 0.6 is 23.8 Å². The van der Waals surface area contributed by atoms with Crippen molar-refractivity contribution in [2.45, 2.75) is 0 Å². The zero-order chi connectivity index (χ0) is 21.1. The average molecular weight is 439 g/mol. The number of carbonyl (C=O) groups excluding carboxylic acids is 1. The molecule has 2 aromatic heterocycles. The first-order chi connectivity index (χ1) is 14.5. The highest BCUT2D eigenvalue weighted by Gasteiger charge is 2.06. The molecule has 0 saturated carbocycles. The van der Waals surface area contributed by atoms with Gasteiger partial charge in [0.2, 0.25) is 5.91 Å². The Morgan fingerprint density at radius 3 is 2.60 bits per heavy atom. The molecule has 1 amide bonds. The number of carbonyl (C=O) groups is 1. The van der Waals surface area contributed by atoms with Crippen molar-refractivity contribution in [3.8, 4) is 11.3 Å².